The van der Waals surface area contributed by atoms with Gasteiger partial charge in [-0.15, -0.1) is 0 Å². The van der Waals surface area contributed by atoms with Crippen LogP contribution in [0.5, 0.6) is 0 Å². The fourth-order valence-corrected chi connectivity index (χ4v) is 1.91. The number of rotatable bonds is 13. The molecule has 20 heavy (non-hydrogen) atoms. The van der Waals surface area contributed by atoms with Crippen LogP contribution >= 0.6 is 0 Å². The highest BCUT2D eigenvalue weighted by atomic mass is 16.5. The van der Waals surface area contributed by atoms with Crippen LogP contribution in [-0.2, 0) is 9.47 Å². The average molecular weight is 285 g/mol. The molecule has 0 fully saturated rings. The van der Waals surface area contributed by atoms with Crippen LogP contribution in [0.1, 0.15) is 34.1 Å². The number of nitrogens with zero attached hydrogens (tertiary/aromatic N) is 2. The Hall–Kier alpha value is -0.670. The van der Waals surface area contributed by atoms with E-state index in [1.165, 1.54) is 0 Å². The molecular weight excluding hydrogens is 254 g/mol. The minimum Gasteiger partial charge on any atom is -0.380 e. The van der Waals surface area contributed by atoms with E-state index in [-0.39, 0.29) is 6.04 Å². The topological polar surface area (TPSA) is 57.5 Å². The maximum atomic E-state index is 9.14. The molecule has 0 radical (unpaired) electrons. The van der Waals surface area contributed by atoms with Gasteiger partial charge >= 0.3 is 0 Å². The lowest BCUT2D eigenvalue weighted by Gasteiger charge is -2.24. The molecule has 0 heterocycles. The molecular formula is C15H31N3O2. The third-order valence-corrected chi connectivity index (χ3v) is 2.94. The fourth-order valence-electron chi connectivity index (χ4n) is 1.91. The van der Waals surface area contributed by atoms with Crippen LogP contribution in [-0.4, -0.2) is 63.0 Å². The van der Waals surface area contributed by atoms with E-state index >= 15 is 0 Å². The lowest BCUT2D eigenvalue weighted by atomic mass is 10.2. The van der Waals surface area contributed by atoms with E-state index in [0.717, 1.165) is 52.5 Å². The smallest absolute Gasteiger partial charge is 0.0967 e. The maximum Gasteiger partial charge on any atom is 0.0967 e. The summed E-state index contributed by atoms with van der Waals surface area (Å²) in [5.74, 6) is 0. The predicted octanol–water partition coefficient (Wildman–Crippen LogP) is 1.64. The SMILES string of the molecule is CCOCCN(CCOCC)CCC(C#N)NC(C)C. The normalized spacial score (nSPS) is 12.8. The van der Waals surface area contributed by atoms with Crippen LogP contribution in [0.3, 0.4) is 0 Å². The molecule has 0 rings (SSSR count). The Morgan fingerprint density at radius 1 is 1.05 bits per heavy atom. The summed E-state index contributed by atoms with van der Waals surface area (Å²) in [7, 11) is 0. The van der Waals surface area contributed by atoms with E-state index in [2.05, 4.69) is 30.1 Å². The molecule has 0 bridgehead atoms. The standard InChI is InChI=1S/C15H31N3O2/c1-5-19-11-9-18(10-12-20-6-2)8-7-15(13-16)17-14(3)4/h14-15,17H,5-12H2,1-4H3. The first-order valence-corrected chi connectivity index (χ1v) is 7.67. The van der Waals surface area contributed by atoms with E-state index in [9.17, 15) is 0 Å². The molecule has 0 spiro atoms. The third-order valence-electron chi connectivity index (χ3n) is 2.94. The van der Waals surface area contributed by atoms with E-state index in [1.54, 1.807) is 0 Å². The van der Waals surface area contributed by atoms with Crippen molar-refractivity contribution in [2.24, 2.45) is 0 Å². The minimum atomic E-state index is -0.0864. The average Bonchev–Trinajstić information content (AvgIpc) is 2.42. The zero-order valence-electron chi connectivity index (χ0n) is 13.5. The van der Waals surface area contributed by atoms with Gasteiger partial charge < -0.3 is 9.47 Å². The van der Waals surface area contributed by atoms with Gasteiger partial charge in [0.15, 0.2) is 0 Å². The Balaban J connectivity index is 4.07. The number of hydrogen-bond donors (Lipinski definition) is 1. The predicted molar refractivity (Wildman–Crippen MR) is 81.7 cm³/mol. The molecule has 0 saturated carbocycles. The molecule has 0 aromatic carbocycles. The van der Waals surface area contributed by atoms with Crippen molar-refractivity contribution in [2.75, 3.05) is 46.1 Å². The van der Waals surface area contributed by atoms with Gasteiger partial charge in [0.1, 0.15) is 0 Å². The van der Waals surface area contributed by atoms with Crippen molar-refractivity contribution >= 4 is 0 Å². The Labute approximate surface area is 124 Å². The van der Waals surface area contributed by atoms with Crippen molar-refractivity contribution in [1.29, 1.82) is 5.26 Å². The first kappa shape index (κ1) is 19.3. The highest BCUT2D eigenvalue weighted by Crippen LogP contribution is 1.98. The van der Waals surface area contributed by atoms with Crippen LogP contribution < -0.4 is 5.32 Å². The lowest BCUT2D eigenvalue weighted by Crippen LogP contribution is -2.39. The van der Waals surface area contributed by atoms with Crippen LogP contribution in [0, 0.1) is 11.3 Å². The van der Waals surface area contributed by atoms with E-state index in [1.807, 2.05) is 13.8 Å². The third kappa shape index (κ3) is 11.2. The molecule has 5 heteroatoms. The van der Waals surface area contributed by atoms with Crippen molar-refractivity contribution in [2.45, 2.75) is 46.2 Å². The summed E-state index contributed by atoms with van der Waals surface area (Å²) in [5, 5.41) is 12.4. The van der Waals surface area contributed by atoms with Gasteiger partial charge in [0.25, 0.3) is 0 Å². The van der Waals surface area contributed by atoms with Gasteiger partial charge in [-0.3, -0.25) is 10.2 Å². The highest BCUT2D eigenvalue weighted by molar-refractivity contribution is 4.91. The van der Waals surface area contributed by atoms with E-state index < -0.39 is 0 Å². The molecule has 0 aromatic rings. The summed E-state index contributed by atoms with van der Waals surface area (Å²) in [6, 6.07) is 2.57. The van der Waals surface area contributed by atoms with Gasteiger partial charge in [0, 0.05) is 38.9 Å². The van der Waals surface area contributed by atoms with Gasteiger partial charge in [-0.25, -0.2) is 0 Å². The van der Waals surface area contributed by atoms with Gasteiger partial charge in [0.2, 0.25) is 0 Å². The van der Waals surface area contributed by atoms with Crippen molar-refractivity contribution in [1.82, 2.24) is 10.2 Å². The lowest BCUT2D eigenvalue weighted by molar-refractivity contribution is 0.0815. The molecule has 0 aliphatic rings. The summed E-state index contributed by atoms with van der Waals surface area (Å²) in [4.78, 5) is 2.30. The van der Waals surface area contributed by atoms with E-state index in [4.69, 9.17) is 14.7 Å². The first-order chi connectivity index (χ1) is 9.63. The number of nitrogens with one attached hydrogen (secondary N) is 1. The Kier molecular flexibility index (Phi) is 12.9. The van der Waals surface area contributed by atoms with Crippen molar-refractivity contribution in [3.8, 4) is 6.07 Å². The summed E-state index contributed by atoms with van der Waals surface area (Å²) in [6.45, 7) is 13.8. The zero-order chi connectivity index (χ0) is 15.2. The Morgan fingerprint density at radius 3 is 2.00 bits per heavy atom. The van der Waals surface area contributed by atoms with Crippen LogP contribution in [0.15, 0.2) is 0 Å². The molecule has 0 aliphatic carbocycles. The van der Waals surface area contributed by atoms with Gasteiger partial charge in [-0.2, -0.15) is 5.26 Å². The van der Waals surface area contributed by atoms with Gasteiger partial charge in [0.05, 0.1) is 25.3 Å². The molecule has 1 atom stereocenters. The largest absolute Gasteiger partial charge is 0.380 e. The number of nitriles is 1. The number of hydrogen-bond acceptors (Lipinski definition) is 5. The summed E-state index contributed by atoms with van der Waals surface area (Å²) >= 11 is 0. The Bertz CT molecular complexity index is 244. The molecule has 0 saturated heterocycles. The molecule has 0 aliphatic heterocycles. The van der Waals surface area contributed by atoms with Crippen molar-refractivity contribution in [3.63, 3.8) is 0 Å². The second kappa shape index (κ2) is 13.3. The highest BCUT2D eigenvalue weighted by Gasteiger charge is 2.12. The first-order valence-electron chi connectivity index (χ1n) is 7.67. The quantitative estimate of drug-likeness (QED) is 0.521. The minimum absolute atomic E-state index is 0.0864. The molecule has 1 N–H and O–H groups in total. The van der Waals surface area contributed by atoms with Crippen molar-refractivity contribution < 1.29 is 9.47 Å². The second-order valence-corrected chi connectivity index (χ2v) is 5.03. The van der Waals surface area contributed by atoms with Crippen molar-refractivity contribution in [3.05, 3.63) is 0 Å². The summed E-state index contributed by atoms with van der Waals surface area (Å²) in [5.41, 5.74) is 0. The molecule has 0 aromatic heterocycles. The molecule has 1 unspecified atom stereocenters. The molecule has 0 amide bonds. The van der Waals surface area contributed by atoms with Crippen LogP contribution in [0.4, 0.5) is 0 Å². The van der Waals surface area contributed by atoms with Gasteiger partial charge in [-0.05, 0) is 34.1 Å². The van der Waals surface area contributed by atoms with E-state index in [0.29, 0.717) is 6.04 Å². The second-order valence-electron chi connectivity index (χ2n) is 5.03. The summed E-state index contributed by atoms with van der Waals surface area (Å²) < 4.78 is 10.8. The molecule has 118 valence electrons. The maximum absolute atomic E-state index is 9.14. The Morgan fingerprint density at radius 2 is 1.60 bits per heavy atom. The number of ether oxygens (including phenoxy) is 2. The zero-order valence-corrected chi connectivity index (χ0v) is 13.5. The fraction of sp³-hybridized carbons (Fsp3) is 0.933. The van der Waals surface area contributed by atoms with Crippen LogP contribution in [0.25, 0.3) is 0 Å². The molecule has 5 nitrogen and oxygen atoms in total. The van der Waals surface area contributed by atoms with Crippen LogP contribution in [0.2, 0.25) is 0 Å². The van der Waals surface area contributed by atoms with Gasteiger partial charge in [-0.1, -0.05) is 0 Å². The monoisotopic (exact) mass is 285 g/mol. The summed E-state index contributed by atoms with van der Waals surface area (Å²) in [6.07, 6.45) is 0.826.